The van der Waals surface area contributed by atoms with E-state index in [-0.39, 0.29) is 73.8 Å². The zero-order valence-corrected chi connectivity index (χ0v) is 53.8. The quantitative estimate of drug-likeness (QED) is 0.0180. The number of nitrogens with two attached hydrogens (primary N) is 2. The van der Waals surface area contributed by atoms with E-state index >= 15 is 0 Å². The number of ether oxygens (including phenoxy) is 3. The minimum Gasteiger partial charge on any atom is -0.497 e. The van der Waals surface area contributed by atoms with E-state index < -0.39 is 124 Å². The Bertz CT molecular complexity index is 2600. The maximum atomic E-state index is 14.7. The lowest BCUT2D eigenvalue weighted by Crippen LogP contribution is -2.59. The van der Waals surface area contributed by atoms with Crippen LogP contribution >= 0.6 is 0 Å². The Labute approximate surface area is 486 Å². The molecule has 464 valence electrons. The number of amides is 4. The fourth-order valence-electron chi connectivity index (χ4n) is 8.42. The van der Waals surface area contributed by atoms with Gasteiger partial charge in [0.25, 0.3) is 5.56 Å². The Kier molecular flexibility index (Phi) is 25.6. The number of carboxylic acids is 1. The second kappa shape index (κ2) is 29.7. The first-order valence-electron chi connectivity index (χ1n) is 28.3. The first-order chi connectivity index (χ1) is 37.7. The van der Waals surface area contributed by atoms with Crippen LogP contribution in [0.2, 0.25) is 36.3 Å². The van der Waals surface area contributed by atoms with Crippen LogP contribution < -0.4 is 54.0 Å². The summed E-state index contributed by atoms with van der Waals surface area (Å²) in [6.07, 6.45) is -4.37. The summed E-state index contributed by atoms with van der Waals surface area (Å²) < 4.78 is 35.0. The number of hydrogen-bond acceptors (Lipinski definition) is 15. The SMILES string of the molecule is COc1ccc(Cn2c(=O)ccn(C3OC(C(O)C(NCCCNC(=O)C(CC(C)C)NC(=O)C(CCCN=C(N)N)NC(=O)NC(C(=O)O)C(C)C)C(=O)OC(C)(C)C)C(O[Si](C)(C)C(C)(C)C)C3O[Si](C)(C)C(C)(C)C)c2=O)cc1. The minimum absolute atomic E-state index is 0.0383. The van der Waals surface area contributed by atoms with Crippen molar-refractivity contribution in [3.63, 3.8) is 0 Å². The van der Waals surface area contributed by atoms with Crippen molar-refractivity contribution >= 4 is 52.4 Å². The van der Waals surface area contributed by atoms with E-state index in [4.69, 9.17) is 34.5 Å². The van der Waals surface area contributed by atoms with Gasteiger partial charge < -0.3 is 71.3 Å². The van der Waals surface area contributed by atoms with Crippen molar-refractivity contribution in [2.45, 2.75) is 219 Å². The molecule has 2 heterocycles. The van der Waals surface area contributed by atoms with E-state index in [0.29, 0.717) is 11.3 Å². The maximum absolute atomic E-state index is 14.7. The number of aliphatic hydroxyl groups excluding tert-OH is 1. The van der Waals surface area contributed by atoms with Crippen molar-refractivity contribution in [1.29, 1.82) is 0 Å². The van der Waals surface area contributed by atoms with Crippen LogP contribution in [-0.4, -0.2) is 153 Å². The van der Waals surface area contributed by atoms with Gasteiger partial charge in [-0.05, 0) is 119 Å². The summed E-state index contributed by atoms with van der Waals surface area (Å²) in [5.41, 5.74) is 9.36. The smallest absolute Gasteiger partial charge is 0.333 e. The van der Waals surface area contributed by atoms with E-state index in [1.54, 1.807) is 58.9 Å². The van der Waals surface area contributed by atoms with Gasteiger partial charge in [0, 0.05) is 25.4 Å². The molecular weight excluding hydrogens is 1090 g/mol. The number of carboxylic acid groups (broad SMARTS) is 1. The molecule has 0 bridgehead atoms. The van der Waals surface area contributed by atoms with E-state index in [2.05, 4.69) is 86.2 Å². The Morgan fingerprint density at radius 3 is 1.88 bits per heavy atom. The molecule has 1 aliphatic heterocycles. The van der Waals surface area contributed by atoms with Gasteiger partial charge in [-0.1, -0.05) is 81.4 Å². The van der Waals surface area contributed by atoms with Crippen LogP contribution in [0.5, 0.6) is 5.75 Å². The molecule has 1 fully saturated rings. The zero-order chi connectivity index (χ0) is 62.5. The van der Waals surface area contributed by atoms with Crippen molar-refractivity contribution in [3.8, 4) is 5.75 Å². The summed E-state index contributed by atoms with van der Waals surface area (Å²) in [6.45, 7) is 32.8. The fraction of sp³-hybridized carbons (Fsp3) is 0.714. The highest BCUT2D eigenvalue weighted by Crippen LogP contribution is 2.46. The molecule has 0 aliphatic carbocycles. The van der Waals surface area contributed by atoms with Gasteiger partial charge in [0.1, 0.15) is 59.9 Å². The van der Waals surface area contributed by atoms with Gasteiger partial charge in [0.2, 0.25) is 11.8 Å². The number of aromatic nitrogens is 2. The number of hydrogen-bond donors (Lipinski definition) is 9. The standard InChI is InChI=1S/C56H98N10O14Si2/c1-33(2)31-38(62-47(70)37(21-19-27-61-51(57)58)63-52(74)64-40(34(3)4)49(71)72)46(69)60-29-20-28-59-41(50(73)78-54(5,6)7)42(68)43-44(79-81(15,16)55(8,9)10)45(80-82(17,18)56(11,12)13)48(77-43)65-30-26-39(67)66(53(65)75)32-35-22-24-36(76-14)25-23-35/h22-26,30,33-34,37-38,40-45,48,59,68H,19-21,27-29,31-32H2,1-18H3,(H,60,69)(H,62,70)(H,71,72)(H4,57,58,61)(H2,63,64,74). The van der Waals surface area contributed by atoms with Crippen molar-refractivity contribution < 1.29 is 57.2 Å². The second-order valence-corrected chi connectivity index (χ2v) is 35.4. The van der Waals surface area contributed by atoms with E-state index in [0.717, 1.165) is 4.57 Å². The lowest BCUT2D eigenvalue weighted by Gasteiger charge is -2.44. The molecule has 1 aliphatic rings. The molecule has 4 amide bonds. The summed E-state index contributed by atoms with van der Waals surface area (Å²) in [6, 6.07) is 2.37. The number of carbonyl (C=O) groups is 5. The van der Waals surface area contributed by atoms with Crippen LogP contribution in [0.15, 0.2) is 51.1 Å². The topological polar surface area (TPSA) is 341 Å². The highest BCUT2D eigenvalue weighted by Gasteiger charge is 2.58. The number of aliphatic carboxylic acids is 1. The molecule has 9 atom stereocenters. The van der Waals surface area contributed by atoms with Crippen LogP contribution in [0.1, 0.15) is 127 Å². The van der Waals surface area contributed by atoms with Gasteiger partial charge in [-0.3, -0.25) is 33.3 Å². The van der Waals surface area contributed by atoms with E-state index in [1.165, 1.54) is 23.9 Å². The van der Waals surface area contributed by atoms with Crippen LogP contribution in [-0.2, 0) is 44.0 Å². The number of urea groups is 1. The number of rotatable bonds is 29. The summed E-state index contributed by atoms with van der Waals surface area (Å²) in [5, 5.41) is 35.5. The van der Waals surface area contributed by atoms with Gasteiger partial charge in [0.05, 0.1) is 13.7 Å². The van der Waals surface area contributed by atoms with Crippen molar-refractivity contribution in [3.05, 3.63) is 62.9 Å². The number of aliphatic imine (C=N–C) groups is 1. The Morgan fingerprint density at radius 2 is 1.37 bits per heavy atom. The van der Waals surface area contributed by atoms with Gasteiger partial charge in [-0.25, -0.2) is 14.4 Å². The molecule has 0 radical (unpaired) electrons. The van der Waals surface area contributed by atoms with Gasteiger partial charge in [-0.2, -0.15) is 0 Å². The van der Waals surface area contributed by atoms with Crippen LogP contribution in [0.25, 0.3) is 0 Å². The lowest BCUT2D eigenvalue weighted by molar-refractivity contribution is -0.166. The third-order valence-corrected chi connectivity index (χ3v) is 24.0. The molecule has 82 heavy (non-hydrogen) atoms. The molecular formula is C56H98N10O14Si2. The number of nitrogens with one attached hydrogen (secondary N) is 5. The first kappa shape index (κ1) is 70.6. The van der Waals surface area contributed by atoms with Gasteiger partial charge in [0.15, 0.2) is 28.8 Å². The number of guanidine groups is 1. The lowest BCUT2D eigenvalue weighted by atomic mass is 9.99. The van der Waals surface area contributed by atoms with Gasteiger partial charge in [-0.15, -0.1) is 0 Å². The third-order valence-electron chi connectivity index (χ3n) is 15.1. The molecule has 1 aromatic carbocycles. The van der Waals surface area contributed by atoms with Crippen LogP contribution in [0.4, 0.5) is 4.79 Å². The Hall–Kier alpha value is -5.65. The molecule has 26 heteroatoms. The predicted octanol–water partition coefficient (Wildman–Crippen LogP) is 4.27. The monoisotopic (exact) mass is 1190 g/mol. The number of nitrogens with zero attached hydrogens (tertiary/aromatic N) is 3. The fourth-order valence-corrected chi connectivity index (χ4v) is 11.0. The van der Waals surface area contributed by atoms with Crippen molar-refractivity contribution in [2.75, 3.05) is 26.7 Å². The Balaban J connectivity index is 2.03. The number of methoxy groups -OCH3 is 1. The summed E-state index contributed by atoms with van der Waals surface area (Å²) in [7, 11) is -4.09. The molecule has 3 rings (SSSR count). The number of carbonyl (C=O) groups excluding carboxylic acids is 4. The second-order valence-electron chi connectivity index (χ2n) is 25.9. The zero-order valence-electron chi connectivity index (χ0n) is 51.8. The molecule has 2 aromatic rings. The molecule has 11 N–H and O–H groups in total. The number of esters is 1. The maximum Gasteiger partial charge on any atom is 0.333 e. The summed E-state index contributed by atoms with van der Waals surface area (Å²) >= 11 is 0. The first-order valence-corrected chi connectivity index (χ1v) is 34.1. The average Bonchev–Trinajstić information content (AvgIpc) is 3.69. The third kappa shape index (κ3) is 20.6. The molecule has 9 unspecified atom stereocenters. The average molecular weight is 1190 g/mol. The van der Waals surface area contributed by atoms with Crippen molar-refractivity contribution in [2.24, 2.45) is 28.3 Å². The van der Waals surface area contributed by atoms with Gasteiger partial charge >= 0.3 is 23.7 Å². The molecule has 0 saturated carbocycles. The van der Waals surface area contributed by atoms with Crippen LogP contribution in [0.3, 0.4) is 0 Å². The van der Waals surface area contributed by atoms with E-state index in [1.807, 2.05) is 26.9 Å². The van der Waals surface area contributed by atoms with Crippen LogP contribution in [0, 0.1) is 11.8 Å². The highest BCUT2D eigenvalue weighted by molar-refractivity contribution is 6.74. The van der Waals surface area contributed by atoms with Crippen molar-refractivity contribution in [1.82, 2.24) is 35.7 Å². The Morgan fingerprint density at radius 1 is 0.780 bits per heavy atom. The number of aliphatic hydroxyl groups is 1. The molecule has 1 aromatic heterocycles. The largest absolute Gasteiger partial charge is 0.497 e. The predicted molar refractivity (Wildman–Crippen MR) is 319 cm³/mol. The molecule has 0 spiro atoms. The highest BCUT2D eigenvalue weighted by atomic mass is 28.4. The summed E-state index contributed by atoms with van der Waals surface area (Å²) in [4.78, 5) is 99.3. The molecule has 1 saturated heterocycles. The normalized spacial score (nSPS) is 18.9. The van der Waals surface area contributed by atoms with E-state index in [9.17, 15) is 43.8 Å². The minimum atomic E-state index is -2.83. The molecule has 24 nitrogen and oxygen atoms in total. The number of benzene rings is 1. The summed E-state index contributed by atoms with van der Waals surface area (Å²) in [5.74, 6) is -3.40.